The van der Waals surface area contributed by atoms with Crippen molar-refractivity contribution >= 4 is 10.8 Å². The first-order chi connectivity index (χ1) is 17.7. The number of allylic oxidation sites excluding steroid dienone is 1. The number of unbranched alkanes of at least 4 members (excludes halogenated alkanes) is 2. The molecule has 1 aliphatic carbocycles. The molecule has 188 valence electrons. The fraction of sp³-hybridized carbons (Fsp3) is 0.429. The highest BCUT2D eigenvalue weighted by molar-refractivity contribution is 5.85. The van der Waals surface area contributed by atoms with E-state index >= 15 is 4.39 Å². The Kier molecular flexibility index (Phi) is 9.80. The number of fused-ring (bicyclic) bond motifs is 1. The monoisotopic (exact) mass is 480 g/mol. The molecule has 0 saturated heterocycles. The average molecular weight is 481 g/mol. The summed E-state index contributed by atoms with van der Waals surface area (Å²) >= 11 is 0. The normalized spacial score (nSPS) is 17.5. The van der Waals surface area contributed by atoms with E-state index in [2.05, 4.69) is 67.8 Å². The van der Waals surface area contributed by atoms with Crippen molar-refractivity contribution in [2.24, 2.45) is 11.8 Å². The second-order valence-corrected chi connectivity index (χ2v) is 10.7. The second kappa shape index (κ2) is 13.5. The zero-order valence-electron chi connectivity index (χ0n) is 22.0. The molecule has 4 rings (SSSR count). The van der Waals surface area contributed by atoms with Crippen LogP contribution in [0.4, 0.5) is 4.39 Å². The molecule has 1 fully saturated rings. The maximum Gasteiger partial charge on any atom is 0.146 e. The summed E-state index contributed by atoms with van der Waals surface area (Å²) < 4.78 is 15.1. The molecule has 3 aromatic carbocycles. The lowest BCUT2D eigenvalue weighted by molar-refractivity contribution is 0.254. The lowest BCUT2D eigenvalue weighted by Gasteiger charge is -2.28. The average Bonchev–Trinajstić information content (AvgIpc) is 2.92. The summed E-state index contributed by atoms with van der Waals surface area (Å²) in [6, 6.07) is 18.5. The van der Waals surface area contributed by atoms with Gasteiger partial charge in [0.15, 0.2) is 0 Å². The van der Waals surface area contributed by atoms with Gasteiger partial charge in [0, 0.05) is 10.9 Å². The topological polar surface area (TPSA) is 0 Å². The van der Waals surface area contributed by atoms with Crippen LogP contribution in [-0.4, -0.2) is 0 Å². The molecule has 0 heterocycles. The maximum absolute atomic E-state index is 15.1. The van der Waals surface area contributed by atoms with E-state index in [0.29, 0.717) is 10.9 Å². The van der Waals surface area contributed by atoms with Gasteiger partial charge in [0.1, 0.15) is 5.82 Å². The highest BCUT2D eigenvalue weighted by Crippen LogP contribution is 2.34. The third-order valence-electron chi connectivity index (χ3n) is 7.97. The first kappa shape index (κ1) is 26.2. The van der Waals surface area contributed by atoms with Crippen LogP contribution in [0.1, 0.15) is 93.4 Å². The van der Waals surface area contributed by atoms with Gasteiger partial charge in [-0.15, -0.1) is 6.58 Å². The molecule has 0 bridgehead atoms. The van der Waals surface area contributed by atoms with Gasteiger partial charge >= 0.3 is 0 Å². The van der Waals surface area contributed by atoms with Crippen molar-refractivity contribution in [3.05, 3.63) is 95.3 Å². The summed E-state index contributed by atoms with van der Waals surface area (Å²) in [5.41, 5.74) is 4.06. The number of aryl methyl sites for hydroxylation is 2. The molecule has 1 saturated carbocycles. The van der Waals surface area contributed by atoms with Gasteiger partial charge in [0.05, 0.1) is 5.56 Å². The van der Waals surface area contributed by atoms with Crippen molar-refractivity contribution in [2.45, 2.75) is 84.0 Å². The largest absolute Gasteiger partial charge is 0.205 e. The summed E-state index contributed by atoms with van der Waals surface area (Å²) in [6.45, 7) is 6.07. The number of benzene rings is 3. The Balaban J connectivity index is 1.32. The van der Waals surface area contributed by atoms with E-state index in [0.717, 1.165) is 42.0 Å². The van der Waals surface area contributed by atoms with Crippen molar-refractivity contribution < 1.29 is 4.39 Å². The lowest BCUT2D eigenvalue weighted by Crippen LogP contribution is -2.15. The van der Waals surface area contributed by atoms with E-state index in [1.54, 1.807) is 0 Å². The number of rotatable bonds is 10. The first-order valence-electron chi connectivity index (χ1n) is 14.1. The Morgan fingerprint density at radius 3 is 2.28 bits per heavy atom. The second-order valence-electron chi connectivity index (χ2n) is 10.7. The van der Waals surface area contributed by atoms with E-state index < -0.39 is 0 Å². The molecule has 0 spiro atoms. The highest BCUT2D eigenvalue weighted by Gasteiger charge is 2.20. The minimum atomic E-state index is -0.212. The van der Waals surface area contributed by atoms with Gasteiger partial charge in [0.25, 0.3) is 0 Å². The first-order valence-corrected chi connectivity index (χ1v) is 14.1. The molecule has 3 aromatic rings. The van der Waals surface area contributed by atoms with E-state index in [9.17, 15) is 0 Å². The van der Waals surface area contributed by atoms with Gasteiger partial charge in [-0.2, -0.15) is 0 Å². The Hall–Kier alpha value is -2.85. The molecule has 0 aromatic heterocycles. The van der Waals surface area contributed by atoms with E-state index in [-0.39, 0.29) is 5.82 Å². The molecule has 1 heteroatoms. The number of hydrogen-bond acceptors (Lipinski definition) is 0. The third kappa shape index (κ3) is 7.33. The highest BCUT2D eigenvalue weighted by atomic mass is 19.1. The van der Waals surface area contributed by atoms with Crippen LogP contribution in [0.3, 0.4) is 0 Å². The van der Waals surface area contributed by atoms with Gasteiger partial charge < -0.3 is 0 Å². The standard InChI is InChI=1S/C35H41F/c1-3-5-7-9-31-21-25-34-33(26-31)24-23-32(35(34)36)22-20-30-18-16-29(17-19-30)15-14-28-12-10-27(11-13-28)8-6-4-2/h4,16-19,21,23-28H,2-3,5-15H2,1H3. The lowest BCUT2D eigenvalue weighted by atomic mass is 9.78. The predicted octanol–water partition coefficient (Wildman–Crippen LogP) is 9.82. The molecular formula is C35H41F. The van der Waals surface area contributed by atoms with E-state index in [4.69, 9.17) is 0 Å². The van der Waals surface area contributed by atoms with Crippen LogP contribution in [0.15, 0.2) is 67.3 Å². The van der Waals surface area contributed by atoms with Gasteiger partial charge in [-0.1, -0.05) is 99.8 Å². The van der Waals surface area contributed by atoms with Crippen LogP contribution in [0.5, 0.6) is 0 Å². The van der Waals surface area contributed by atoms with Crippen molar-refractivity contribution in [1.82, 2.24) is 0 Å². The van der Waals surface area contributed by atoms with Crippen LogP contribution in [0.25, 0.3) is 10.8 Å². The fourth-order valence-electron chi connectivity index (χ4n) is 5.60. The van der Waals surface area contributed by atoms with E-state index in [1.165, 1.54) is 68.9 Å². The Labute approximate surface area is 218 Å². The van der Waals surface area contributed by atoms with Crippen LogP contribution in [-0.2, 0) is 12.8 Å². The minimum Gasteiger partial charge on any atom is -0.205 e. The summed E-state index contributed by atoms with van der Waals surface area (Å²) in [5, 5.41) is 1.62. The molecule has 0 aliphatic heterocycles. The van der Waals surface area contributed by atoms with Crippen molar-refractivity contribution in [2.75, 3.05) is 0 Å². The zero-order chi connectivity index (χ0) is 25.2. The third-order valence-corrected chi connectivity index (χ3v) is 7.97. The van der Waals surface area contributed by atoms with Gasteiger partial charge in [-0.25, -0.2) is 4.39 Å². The Bertz CT molecular complexity index is 1180. The molecule has 0 N–H and O–H groups in total. The van der Waals surface area contributed by atoms with Gasteiger partial charge in [-0.3, -0.25) is 0 Å². The van der Waals surface area contributed by atoms with Crippen LogP contribution >= 0.6 is 0 Å². The fourth-order valence-corrected chi connectivity index (χ4v) is 5.60. The molecule has 0 radical (unpaired) electrons. The summed E-state index contributed by atoms with van der Waals surface area (Å²) in [6.07, 6.45) is 17.2. The van der Waals surface area contributed by atoms with Gasteiger partial charge in [-0.05, 0) is 85.1 Å². The molecular weight excluding hydrogens is 439 g/mol. The SMILES string of the molecule is C=CCCC1CCC(CCc2ccc(C#Cc3ccc4cc(CCCCC)ccc4c3F)cc2)CC1. The maximum atomic E-state index is 15.1. The van der Waals surface area contributed by atoms with Crippen LogP contribution in [0, 0.1) is 29.5 Å². The van der Waals surface area contributed by atoms with Crippen LogP contribution in [0.2, 0.25) is 0 Å². The smallest absolute Gasteiger partial charge is 0.146 e. The van der Waals surface area contributed by atoms with Gasteiger partial charge in [0.2, 0.25) is 0 Å². The van der Waals surface area contributed by atoms with Crippen molar-refractivity contribution in [3.63, 3.8) is 0 Å². The quantitative estimate of drug-likeness (QED) is 0.154. The molecule has 0 unspecified atom stereocenters. The van der Waals surface area contributed by atoms with E-state index in [1.807, 2.05) is 18.2 Å². The Morgan fingerprint density at radius 2 is 1.56 bits per heavy atom. The number of halogens is 1. The Morgan fingerprint density at radius 1 is 0.833 bits per heavy atom. The summed E-state index contributed by atoms with van der Waals surface area (Å²) in [5.74, 6) is 7.81. The molecule has 0 nitrogen and oxygen atoms in total. The minimum absolute atomic E-state index is 0.212. The van der Waals surface area contributed by atoms with Crippen molar-refractivity contribution in [1.29, 1.82) is 0 Å². The van der Waals surface area contributed by atoms with Crippen LogP contribution < -0.4 is 0 Å². The molecule has 0 amide bonds. The van der Waals surface area contributed by atoms with Crippen molar-refractivity contribution in [3.8, 4) is 11.8 Å². The molecule has 36 heavy (non-hydrogen) atoms. The number of hydrogen-bond donors (Lipinski definition) is 0. The zero-order valence-corrected chi connectivity index (χ0v) is 22.0. The molecule has 0 atom stereocenters. The summed E-state index contributed by atoms with van der Waals surface area (Å²) in [4.78, 5) is 0. The molecule has 1 aliphatic rings. The predicted molar refractivity (Wildman–Crippen MR) is 153 cm³/mol. The summed E-state index contributed by atoms with van der Waals surface area (Å²) in [7, 11) is 0.